The fourth-order valence-corrected chi connectivity index (χ4v) is 3.62. The van der Waals surface area contributed by atoms with E-state index in [1.807, 2.05) is 18.2 Å². The van der Waals surface area contributed by atoms with E-state index in [-0.39, 0.29) is 39.9 Å². The SMILES string of the molecule is CC1=CC2=C[C](Cl)([Zr+3])N(c3ccccc3)C2=C1.[Cl-].[Cl-].[Cl-]. The normalized spacial score (nSPS) is 22.6. The summed E-state index contributed by atoms with van der Waals surface area (Å²) in [6.45, 7) is 2.12. The number of alkyl halides is 1. The Morgan fingerprint density at radius 1 is 1.05 bits per heavy atom. The van der Waals surface area contributed by atoms with E-state index < -0.39 is 0 Å². The Bertz CT molecular complexity index is 564. The molecule has 1 heterocycles. The van der Waals surface area contributed by atoms with E-state index in [4.69, 9.17) is 11.6 Å². The van der Waals surface area contributed by atoms with Crippen molar-refractivity contribution in [3.63, 3.8) is 0 Å². The van der Waals surface area contributed by atoms with Crippen LogP contribution in [0.5, 0.6) is 0 Å². The van der Waals surface area contributed by atoms with E-state index in [1.54, 1.807) is 0 Å². The van der Waals surface area contributed by atoms with Crippen molar-refractivity contribution in [2.45, 2.75) is 9.63 Å². The Labute approximate surface area is 158 Å². The maximum atomic E-state index is 6.64. The molecule has 0 amide bonds. The third-order valence-electron chi connectivity index (χ3n) is 2.97. The summed E-state index contributed by atoms with van der Waals surface area (Å²) in [7, 11) is 0. The third-order valence-corrected chi connectivity index (χ3v) is 4.15. The molecule has 20 heavy (non-hydrogen) atoms. The van der Waals surface area contributed by atoms with Gasteiger partial charge in [-0.25, -0.2) is 0 Å². The van der Waals surface area contributed by atoms with E-state index in [0.717, 1.165) is 5.69 Å². The van der Waals surface area contributed by atoms with Crippen LogP contribution in [-0.4, -0.2) is 2.71 Å². The molecule has 6 heteroatoms. The summed E-state index contributed by atoms with van der Waals surface area (Å²) in [5.41, 5.74) is 4.91. The van der Waals surface area contributed by atoms with Crippen molar-refractivity contribution in [2.75, 3.05) is 4.90 Å². The van der Waals surface area contributed by atoms with Crippen LogP contribution in [0.3, 0.4) is 0 Å². The number of nitrogens with zero attached hydrogens (tertiary/aromatic N) is 1. The van der Waals surface area contributed by atoms with E-state index in [9.17, 15) is 0 Å². The van der Waals surface area contributed by atoms with Gasteiger partial charge in [0, 0.05) is 0 Å². The minimum atomic E-state index is -0.383. The van der Waals surface area contributed by atoms with Crippen LogP contribution in [0.4, 0.5) is 5.69 Å². The van der Waals surface area contributed by atoms with Crippen molar-refractivity contribution >= 4 is 17.3 Å². The van der Waals surface area contributed by atoms with Crippen LogP contribution < -0.4 is 42.1 Å². The predicted octanol–water partition coefficient (Wildman–Crippen LogP) is -5.27. The minimum absolute atomic E-state index is 0. The molecule has 1 atom stereocenters. The van der Waals surface area contributed by atoms with Crippen LogP contribution in [0.2, 0.25) is 0 Å². The number of benzene rings is 1. The monoisotopic (exact) mass is 423 g/mol. The first-order valence-electron chi connectivity index (χ1n) is 5.50. The summed E-state index contributed by atoms with van der Waals surface area (Å²) in [5.74, 6) is 0. The van der Waals surface area contributed by atoms with Crippen LogP contribution in [0, 0.1) is 0 Å². The van der Waals surface area contributed by atoms with Gasteiger partial charge in [-0.1, -0.05) is 0 Å². The molecule has 104 valence electrons. The van der Waals surface area contributed by atoms with Crippen molar-refractivity contribution in [3.8, 4) is 0 Å². The molecular weight excluding hydrogens is 415 g/mol. The number of anilines is 1. The summed E-state index contributed by atoms with van der Waals surface area (Å²) in [6.07, 6.45) is 6.55. The van der Waals surface area contributed by atoms with E-state index in [2.05, 4.69) is 42.2 Å². The molecule has 1 nitrogen and oxygen atoms in total. The zero-order valence-electron chi connectivity index (χ0n) is 10.6. The number of fused-ring (bicyclic) bond motifs is 1. The topological polar surface area (TPSA) is 3.24 Å². The number of para-hydroxylation sites is 1. The van der Waals surface area contributed by atoms with Gasteiger partial charge in [-0.2, -0.15) is 0 Å². The molecule has 0 fully saturated rings. The Kier molecular flexibility index (Phi) is 7.62. The molecule has 1 aromatic carbocycles. The first kappa shape index (κ1) is 20.3. The number of rotatable bonds is 1. The maximum Gasteiger partial charge on any atom is -1.00 e. The predicted molar refractivity (Wildman–Crippen MR) is 67.4 cm³/mol. The smallest absolute Gasteiger partial charge is 1.00 e. The maximum absolute atomic E-state index is 6.64. The molecule has 0 radical (unpaired) electrons. The van der Waals surface area contributed by atoms with Crippen molar-refractivity contribution in [1.82, 2.24) is 0 Å². The average molecular weight is 426 g/mol. The molecule has 0 spiro atoms. The van der Waals surface area contributed by atoms with Crippen LogP contribution in [0.15, 0.2) is 65.4 Å². The third kappa shape index (κ3) is 3.54. The first-order valence-corrected chi connectivity index (χ1v) is 7.11. The molecule has 0 bridgehead atoms. The first-order chi connectivity index (χ1) is 8.08. The van der Waals surface area contributed by atoms with Gasteiger partial charge in [-0.15, -0.1) is 0 Å². The van der Waals surface area contributed by atoms with E-state index in [1.165, 1.54) is 41.6 Å². The van der Waals surface area contributed by atoms with Crippen molar-refractivity contribution in [2.24, 2.45) is 0 Å². The number of allylic oxidation sites excluding steroid dienone is 3. The van der Waals surface area contributed by atoms with Crippen LogP contribution in [0.25, 0.3) is 0 Å². The van der Waals surface area contributed by atoms with Gasteiger partial charge in [-0.05, 0) is 0 Å². The number of halogens is 4. The fraction of sp³-hybridized carbons (Fsp3) is 0.143. The number of hydrogen-bond donors (Lipinski definition) is 0. The molecule has 0 saturated carbocycles. The van der Waals surface area contributed by atoms with Gasteiger partial charge < -0.3 is 37.2 Å². The molecule has 3 rings (SSSR count). The zero-order chi connectivity index (χ0) is 12.0. The largest absolute Gasteiger partial charge is 1.00 e. The Hall–Kier alpha value is 0.283. The summed E-state index contributed by atoms with van der Waals surface area (Å²) < 4.78 is -0.383. The average Bonchev–Trinajstić information content (AvgIpc) is 2.70. The van der Waals surface area contributed by atoms with Crippen molar-refractivity contribution < 1.29 is 61.9 Å². The Balaban J connectivity index is 0.00000120. The van der Waals surface area contributed by atoms with Gasteiger partial charge in [0.05, 0.1) is 0 Å². The molecule has 1 aliphatic heterocycles. The second kappa shape index (κ2) is 7.52. The molecular formula is C14H11Cl4NZr. The zero-order valence-corrected chi connectivity index (χ0v) is 16.1. The van der Waals surface area contributed by atoms with Crippen LogP contribution >= 0.6 is 11.6 Å². The van der Waals surface area contributed by atoms with Crippen molar-refractivity contribution in [3.05, 3.63) is 65.4 Å². The second-order valence-corrected chi connectivity index (χ2v) is 7.59. The summed E-state index contributed by atoms with van der Waals surface area (Å²) in [6, 6.07) is 10.3. The van der Waals surface area contributed by atoms with Gasteiger partial charge in [0.25, 0.3) is 0 Å². The van der Waals surface area contributed by atoms with E-state index in [0.29, 0.717) is 0 Å². The molecule has 1 unspecified atom stereocenters. The molecule has 0 N–H and O–H groups in total. The Morgan fingerprint density at radius 3 is 2.25 bits per heavy atom. The van der Waals surface area contributed by atoms with Crippen LogP contribution in [-0.2, 0) is 24.7 Å². The Morgan fingerprint density at radius 2 is 1.65 bits per heavy atom. The van der Waals surface area contributed by atoms with Gasteiger partial charge in [0.15, 0.2) is 0 Å². The van der Waals surface area contributed by atoms with Gasteiger partial charge in [0.1, 0.15) is 0 Å². The molecule has 0 saturated heterocycles. The van der Waals surface area contributed by atoms with Gasteiger partial charge in [0.2, 0.25) is 0 Å². The quantitative estimate of drug-likeness (QED) is 0.321. The molecule has 1 aromatic rings. The number of hydrogen-bond acceptors (Lipinski definition) is 1. The molecule has 1 aliphatic carbocycles. The molecule has 0 aromatic heterocycles. The van der Waals surface area contributed by atoms with Crippen LogP contribution in [0.1, 0.15) is 6.92 Å². The van der Waals surface area contributed by atoms with Crippen molar-refractivity contribution in [1.29, 1.82) is 0 Å². The van der Waals surface area contributed by atoms with E-state index >= 15 is 0 Å². The summed E-state index contributed by atoms with van der Waals surface area (Å²) in [4.78, 5) is 2.22. The van der Waals surface area contributed by atoms with Gasteiger partial charge in [-0.3, -0.25) is 0 Å². The standard InChI is InChI=1S/C14H11ClN.3ClH.Zr/c1-10-7-11-9-14(15)16(13(11)8-10)12-5-3-2-4-6-12;;;;/h2-9H,1H3;3*1H;/q;;;;+3/p-3. The fourth-order valence-electron chi connectivity index (χ4n) is 2.32. The van der Waals surface area contributed by atoms with Gasteiger partial charge >= 0.3 is 122 Å². The molecule has 2 aliphatic rings. The minimum Gasteiger partial charge on any atom is -1.00 e. The second-order valence-electron chi connectivity index (χ2n) is 4.36. The summed E-state index contributed by atoms with van der Waals surface area (Å²) in [5, 5.41) is 0. The summed E-state index contributed by atoms with van der Waals surface area (Å²) >= 11 is 7.92.